The normalized spacial score (nSPS) is 19.9. The zero-order valence-corrected chi connectivity index (χ0v) is 10.5. The number of anilines is 1. The van der Waals surface area contributed by atoms with E-state index in [0.717, 1.165) is 31.6 Å². The molecule has 2 N–H and O–H groups in total. The van der Waals surface area contributed by atoms with Crippen molar-refractivity contribution in [1.29, 1.82) is 0 Å². The molecule has 1 aromatic carbocycles. The van der Waals surface area contributed by atoms with E-state index in [0.29, 0.717) is 6.42 Å². The van der Waals surface area contributed by atoms with Gasteiger partial charge in [0.05, 0.1) is 6.61 Å². The van der Waals surface area contributed by atoms with Gasteiger partial charge >= 0.3 is 0 Å². The summed E-state index contributed by atoms with van der Waals surface area (Å²) in [6, 6.07) is 9.73. The first kappa shape index (κ1) is 13.1. The van der Waals surface area contributed by atoms with Gasteiger partial charge in [-0.05, 0) is 31.5 Å². The number of aliphatic hydroxyl groups is 1. The van der Waals surface area contributed by atoms with Gasteiger partial charge in [0.25, 0.3) is 0 Å². The number of para-hydroxylation sites is 1. The molecule has 1 aromatic rings. The van der Waals surface area contributed by atoms with Crippen LogP contribution in [0.2, 0.25) is 0 Å². The van der Waals surface area contributed by atoms with Crippen molar-refractivity contribution >= 4 is 11.6 Å². The molecule has 0 spiro atoms. The van der Waals surface area contributed by atoms with Crippen LogP contribution in [0.4, 0.5) is 5.69 Å². The second-order valence-corrected chi connectivity index (χ2v) is 4.68. The summed E-state index contributed by atoms with van der Waals surface area (Å²) in [5, 5.41) is 12.1. The average molecular weight is 248 g/mol. The van der Waals surface area contributed by atoms with Crippen molar-refractivity contribution in [2.45, 2.75) is 25.3 Å². The Hall–Kier alpha value is -1.39. The molecule has 1 aliphatic rings. The molecule has 0 aliphatic carbocycles. The molecule has 0 aromatic heterocycles. The fraction of sp³-hybridized carbons (Fsp3) is 0.500. The van der Waals surface area contributed by atoms with Crippen molar-refractivity contribution in [2.75, 3.05) is 25.0 Å². The molecule has 0 saturated carbocycles. The smallest absolute Gasteiger partial charge is 0.225 e. The van der Waals surface area contributed by atoms with Gasteiger partial charge in [0.1, 0.15) is 0 Å². The number of hydrogen-bond acceptors (Lipinski definition) is 3. The monoisotopic (exact) mass is 248 g/mol. The Morgan fingerprint density at radius 2 is 2.17 bits per heavy atom. The zero-order chi connectivity index (χ0) is 12.8. The molecule has 98 valence electrons. The van der Waals surface area contributed by atoms with E-state index < -0.39 is 0 Å². The predicted octanol–water partition coefficient (Wildman–Crippen LogP) is 1.47. The van der Waals surface area contributed by atoms with Gasteiger partial charge in [-0.2, -0.15) is 0 Å². The van der Waals surface area contributed by atoms with E-state index in [1.165, 1.54) is 0 Å². The highest BCUT2D eigenvalue weighted by Gasteiger charge is 2.23. The van der Waals surface area contributed by atoms with Crippen LogP contribution in [0.15, 0.2) is 30.3 Å². The minimum Gasteiger partial charge on any atom is -0.395 e. The third-order valence-electron chi connectivity index (χ3n) is 3.39. The first-order valence-corrected chi connectivity index (χ1v) is 6.49. The maximum absolute atomic E-state index is 11.8. The van der Waals surface area contributed by atoms with E-state index >= 15 is 0 Å². The summed E-state index contributed by atoms with van der Waals surface area (Å²) in [4.78, 5) is 14.0. The number of carbonyl (C=O) groups is 1. The number of hydrogen-bond donors (Lipinski definition) is 2. The lowest BCUT2D eigenvalue weighted by Gasteiger charge is -2.22. The molecule has 0 bridgehead atoms. The number of rotatable bonds is 5. The number of amides is 1. The summed E-state index contributed by atoms with van der Waals surface area (Å²) in [5.74, 6) is 0.0322. The van der Waals surface area contributed by atoms with Crippen LogP contribution in [0.25, 0.3) is 0 Å². The fourth-order valence-electron chi connectivity index (χ4n) is 2.39. The van der Waals surface area contributed by atoms with E-state index in [1.807, 2.05) is 30.3 Å². The molecule has 18 heavy (non-hydrogen) atoms. The number of likely N-dealkylation sites (tertiary alicyclic amines) is 1. The van der Waals surface area contributed by atoms with Gasteiger partial charge in [0.2, 0.25) is 5.91 Å². The Morgan fingerprint density at radius 3 is 2.89 bits per heavy atom. The van der Waals surface area contributed by atoms with Crippen LogP contribution in [0.3, 0.4) is 0 Å². The zero-order valence-electron chi connectivity index (χ0n) is 10.5. The van der Waals surface area contributed by atoms with Crippen molar-refractivity contribution in [3.8, 4) is 0 Å². The molecular formula is C14H20N2O2. The van der Waals surface area contributed by atoms with Crippen molar-refractivity contribution in [1.82, 2.24) is 4.90 Å². The quantitative estimate of drug-likeness (QED) is 0.829. The van der Waals surface area contributed by atoms with Gasteiger partial charge in [-0.25, -0.2) is 0 Å². The average Bonchev–Trinajstić information content (AvgIpc) is 2.85. The minimum atomic E-state index is 0.0322. The van der Waals surface area contributed by atoms with Crippen molar-refractivity contribution in [3.05, 3.63) is 30.3 Å². The first-order valence-electron chi connectivity index (χ1n) is 6.49. The topological polar surface area (TPSA) is 52.6 Å². The highest BCUT2D eigenvalue weighted by Crippen LogP contribution is 2.16. The molecule has 1 atom stereocenters. The molecule has 1 saturated heterocycles. The van der Waals surface area contributed by atoms with E-state index in [-0.39, 0.29) is 18.6 Å². The second kappa shape index (κ2) is 6.52. The molecule has 2 rings (SSSR count). The molecule has 1 amide bonds. The van der Waals surface area contributed by atoms with E-state index in [4.69, 9.17) is 0 Å². The van der Waals surface area contributed by atoms with E-state index in [2.05, 4.69) is 10.2 Å². The van der Waals surface area contributed by atoms with Crippen LogP contribution in [0.1, 0.15) is 19.3 Å². The maximum Gasteiger partial charge on any atom is 0.225 e. The summed E-state index contributed by atoms with van der Waals surface area (Å²) >= 11 is 0. The van der Waals surface area contributed by atoms with Crippen molar-refractivity contribution in [2.24, 2.45) is 0 Å². The van der Waals surface area contributed by atoms with Gasteiger partial charge < -0.3 is 10.4 Å². The summed E-state index contributed by atoms with van der Waals surface area (Å²) in [5.41, 5.74) is 0.836. The van der Waals surface area contributed by atoms with E-state index in [1.54, 1.807) is 0 Å². The molecule has 4 nitrogen and oxygen atoms in total. The SMILES string of the molecule is O=C(CCN1CCC[C@@H]1CO)Nc1ccccc1. The van der Waals surface area contributed by atoms with Crippen molar-refractivity contribution < 1.29 is 9.90 Å². The standard InChI is InChI=1S/C14H20N2O2/c17-11-13-7-4-9-16(13)10-8-14(18)15-12-5-2-1-3-6-12/h1-3,5-6,13,17H,4,7-11H2,(H,15,18)/t13-/m1/s1. The van der Waals surface area contributed by atoms with Crippen LogP contribution in [0, 0.1) is 0 Å². The van der Waals surface area contributed by atoms with Gasteiger partial charge in [-0.3, -0.25) is 9.69 Å². The summed E-state index contributed by atoms with van der Waals surface area (Å²) in [6.07, 6.45) is 2.63. The van der Waals surface area contributed by atoms with Crippen LogP contribution in [0.5, 0.6) is 0 Å². The van der Waals surface area contributed by atoms with Crippen LogP contribution in [-0.4, -0.2) is 41.7 Å². The lowest BCUT2D eigenvalue weighted by molar-refractivity contribution is -0.116. The fourth-order valence-corrected chi connectivity index (χ4v) is 2.39. The van der Waals surface area contributed by atoms with Gasteiger partial charge in [0, 0.05) is 24.7 Å². The summed E-state index contributed by atoms with van der Waals surface area (Å²) in [7, 11) is 0. The van der Waals surface area contributed by atoms with E-state index in [9.17, 15) is 9.90 Å². The van der Waals surface area contributed by atoms with Gasteiger partial charge in [0.15, 0.2) is 0 Å². The molecule has 1 heterocycles. The number of nitrogens with zero attached hydrogens (tertiary/aromatic N) is 1. The number of benzene rings is 1. The lowest BCUT2D eigenvalue weighted by atomic mass is 10.2. The number of aliphatic hydroxyl groups excluding tert-OH is 1. The lowest BCUT2D eigenvalue weighted by Crippen LogP contribution is -2.34. The molecule has 4 heteroatoms. The second-order valence-electron chi connectivity index (χ2n) is 4.68. The Balaban J connectivity index is 1.75. The number of carbonyl (C=O) groups excluding carboxylic acids is 1. The van der Waals surface area contributed by atoms with Gasteiger partial charge in [-0.15, -0.1) is 0 Å². The van der Waals surface area contributed by atoms with Crippen LogP contribution >= 0.6 is 0 Å². The van der Waals surface area contributed by atoms with Crippen molar-refractivity contribution in [3.63, 3.8) is 0 Å². The largest absolute Gasteiger partial charge is 0.395 e. The molecule has 1 aliphatic heterocycles. The van der Waals surface area contributed by atoms with Gasteiger partial charge in [-0.1, -0.05) is 18.2 Å². The molecule has 1 fully saturated rings. The maximum atomic E-state index is 11.8. The summed E-state index contributed by atoms with van der Waals surface area (Å²) in [6.45, 7) is 1.91. The van der Waals surface area contributed by atoms with Crippen LogP contribution < -0.4 is 5.32 Å². The molecular weight excluding hydrogens is 228 g/mol. The third-order valence-corrected chi connectivity index (χ3v) is 3.39. The first-order chi connectivity index (χ1) is 8.79. The number of nitrogens with one attached hydrogen (secondary N) is 1. The highest BCUT2D eigenvalue weighted by atomic mass is 16.3. The predicted molar refractivity (Wildman–Crippen MR) is 71.4 cm³/mol. The Morgan fingerprint density at radius 1 is 1.39 bits per heavy atom. The highest BCUT2D eigenvalue weighted by molar-refractivity contribution is 5.90. The Bertz CT molecular complexity index is 381. The Labute approximate surface area is 108 Å². The molecule has 0 unspecified atom stereocenters. The minimum absolute atomic E-state index is 0.0322. The van der Waals surface area contributed by atoms with Crippen LogP contribution in [-0.2, 0) is 4.79 Å². The molecule has 0 radical (unpaired) electrons. The summed E-state index contributed by atoms with van der Waals surface area (Å²) < 4.78 is 0. The Kier molecular flexibility index (Phi) is 4.73. The third kappa shape index (κ3) is 3.55.